The highest BCUT2D eigenvalue weighted by Crippen LogP contribution is 2.27. The number of hydrogen-bond donors (Lipinski definition) is 1. The minimum atomic E-state index is 0.0973. The van der Waals surface area contributed by atoms with E-state index in [9.17, 15) is 4.79 Å². The van der Waals surface area contributed by atoms with Gasteiger partial charge in [-0.3, -0.25) is 4.79 Å². The lowest BCUT2D eigenvalue weighted by Crippen LogP contribution is -2.51. The fraction of sp³-hybridized carbons (Fsp3) is 0.938. The predicted molar refractivity (Wildman–Crippen MR) is 79.1 cm³/mol. The van der Waals surface area contributed by atoms with Gasteiger partial charge in [-0.05, 0) is 38.1 Å². The molecule has 1 heterocycles. The van der Waals surface area contributed by atoms with Crippen molar-refractivity contribution in [3.05, 3.63) is 0 Å². The van der Waals surface area contributed by atoms with Crippen LogP contribution in [-0.4, -0.2) is 36.5 Å². The van der Waals surface area contributed by atoms with Gasteiger partial charge < -0.3 is 10.2 Å². The molecule has 0 bridgehead atoms. The van der Waals surface area contributed by atoms with Gasteiger partial charge >= 0.3 is 0 Å². The highest BCUT2D eigenvalue weighted by Gasteiger charge is 2.28. The quantitative estimate of drug-likeness (QED) is 0.801. The van der Waals surface area contributed by atoms with Crippen molar-refractivity contribution in [2.75, 3.05) is 19.6 Å². The Hall–Kier alpha value is -0.570. The Kier molecular flexibility index (Phi) is 6.15. The third-order valence-electron chi connectivity index (χ3n) is 4.70. The SMILES string of the molecule is CCCNC1CCCN(CCC2CCCCC2)C1=O. The van der Waals surface area contributed by atoms with Crippen LogP contribution in [0.25, 0.3) is 0 Å². The third-order valence-corrected chi connectivity index (χ3v) is 4.70. The lowest BCUT2D eigenvalue weighted by atomic mass is 9.87. The molecule has 110 valence electrons. The molecule has 0 radical (unpaired) electrons. The highest BCUT2D eigenvalue weighted by molar-refractivity contribution is 5.82. The zero-order valence-corrected chi connectivity index (χ0v) is 12.5. The highest BCUT2D eigenvalue weighted by atomic mass is 16.2. The maximum absolute atomic E-state index is 12.4. The largest absolute Gasteiger partial charge is 0.341 e. The Morgan fingerprint density at radius 2 is 1.95 bits per heavy atom. The van der Waals surface area contributed by atoms with Gasteiger partial charge in [0.1, 0.15) is 0 Å². The van der Waals surface area contributed by atoms with E-state index >= 15 is 0 Å². The maximum atomic E-state index is 12.4. The second kappa shape index (κ2) is 7.88. The molecule has 1 N–H and O–H groups in total. The number of rotatable bonds is 6. The molecule has 0 spiro atoms. The average molecular weight is 266 g/mol. The topological polar surface area (TPSA) is 32.3 Å². The summed E-state index contributed by atoms with van der Waals surface area (Å²) in [4.78, 5) is 14.5. The lowest BCUT2D eigenvalue weighted by molar-refractivity contribution is -0.136. The zero-order chi connectivity index (χ0) is 13.5. The molecule has 1 saturated heterocycles. The summed E-state index contributed by atoms with van der Waals surface area (Å²) in [5.74, 6) is 1.24. The van der Waals surface area contributed by atoms with E-state index in [1.54, 1.807) is 0 Å². The van der Waals surface area contributed by atoms with Crippen molar-refractivity contribution >= 4 is 5.91 Å². The van der Waals surface area contributed by atoms with Crippen LogP contribution in [0.3, 0.4) is 0 Å². The molecular formula is C16H30N2O. The van der Waals surface area contributed by atoms with Crippen LogP contribution in [0.5, 0.6) is 0 Å². The Morgan fingerprint density at radius 1 is 1.16 bits per heavy atom. The molecule has 1 amide bonds. The van der Waals surface area contributed by atoms with Gasteiger partial charge in [0.25, 0.3) is 0 Å². The van der Waals surface area contributed by atoms with Crippen LogP contribution < -0.4 is 5.32 Å². The molecule has 1 unspecified atom stereocenters. The van der Waals surface area contributed by atoms with E-state index in [1.807, 2.05) is 0 Å². The lowest BCUT2D eigenvalue weighted by Gasteiger charge is -2.34. The van der Waals surface area contributed by atoms with Crippen molar-refractivity contribution in [2.45, 2.75) is 70.8 Å². The van der Waals surface area contributed by atoms with Gasteiger partial charge in [-0.1, -0.05) is 39.0 Å². The van der Waals surface area contributed by atoms with E-state index in [2.05, 4.69) is 17.1 Å². The number of carbonyl (C=O) groups excluding carboxylic acids is 1. The first-order valence-corrected chi connectivity index (χ1v) is 8.33. The Morgan fingerprint density at radius 3 is 2.68 bits per heavy atom. The molecule has 2 rings (SSSR count). The molecule has 19 heavy (non-hydrogen) atoms. The van der Waals surface area contributed by atoms with E-state index in [1.165, 1.54) is 38.5 Å². The number of nitrogens with zero attached hydrogens (tertiary/aromatic N) is 1. The van der Waals surface area contributed by atoms with Crippen molar-refractivity contribution in [1.82, 2.24) is 10.2 Å². The molecule has 0 aromatic heterocycles. The van der Waals surface area contributed by atoms with Crippen LogP contribution in [0.15, 0.2) is 0 Å². The summed E-state index contributed by atoms with van der Waals surface area (Å²) in [5, 5.41) is 3.40. The summed E-state index contributed by atoms with van der Waals surface area (Å²) >= 11 is 0. The summed E-state index contributed by atoms with van der Waals surface area (Å²) < 4.78 is 0. The van der Waals surface area contributed by atoms with Crippen LogP contribution in [0.2, 0.25) is 0 Å². The molecule has 1 saturated carbocycles. The van der Waals surface area contributed by atoms with Crippen molar-refractivity contribution in [2.24, 2.45) is 5.92 Å². The van der Waals surface area contributed by atoms with Gasteiger partial charge in [-0.15, -0.1) is 0 Å². The molecular weight excluding hydrogens is 236 g/mol. The van der Waals surface area contributed by atoms with Crippen molar-refractivity contribution in [1.29, 1.82) is 0 Å². The first-order valence-electron chi connectivity index (χ1n) is 8.33. The summed E-state index contributed by atoms with van der Waals surface area (Å²) in [7, 11) is 0. The Labute approximate surface area is 118 Å². The average Bonchev–Trinajstić information content (AvgIpc) is 2.46. The summed E-state index contributed by atoms with van der Waals surface area (Å²) in [6.07, 6.45) is 11.5. The summed E-state index contributed by atoms with van der Waals surface area (Å²) in [6.45, 7) is 5.09. The Bertz CT molecular complexity index is 274. The van der Waals surface area contributed by atoms with Gasteiger partial charge in [0.05, 0.1) is 6.04 Å². The minimum absolute atomic E-state index is 0.0973. The molecule has 3 nitrogen and oxygen atoms in total. The molecule has 2 fully saturated rings. The van der Waals surface area contributed by atoms with Gasteiger partial charge in [-0.25, -0.2) is 0 Å². The minimum Gasteiger partial charge on any atom is -0.341 e. The number of amides is 1. The van der Waals surface area contributed by atoms with Crippen LogP contribution >= 0.6 is 0 Å². The van der Waals surface area contributed by atoms with Crippen molar-refractivity contribution in [3.63, 3.8) is 0 Å². The standard InChI is InChI=1S/C16H30N2O/c1-2-11-17-15-9-6-12-18(16(15)19)13-10-14-7-4-3-5-8-14/h14-15,17H,2-13H2,1H3. The van der Waals surface area contributed by atoms with Gasteiger partial charge in [0.2, 0.25) is 5.91 Å². The van der Waals surface area contributed by atoms with Crippen LogP contribution in [0.1, 0.15) is 64.7 Å². The van der Waals surface area contributed by atoms with Crippen LogP contribution in [-0.2, 0) is 4.79 Å². The second-order valence-electron chi connectivity index (χ2n) is 6.27. The van der Waals surface area contributed by atoms with Crippen LogP contribution in [0.4, 0.5) is 0 Å². The first kappa shape index (κ1) is 14.8. The smallest absolute Gasteiger partial charge is 0.239 e. The van der Waals surface area contributed by atoms with E-state index in [4.69, 9.17) is 0 Å². The number of nitrogens with one attached hydrogen (secondary N) is 1. The third kappa shape index (κ3) is 4.48. The number of carbonyl (C=O) groups is 1. The monoisotopic (exact) mass is 266 g/mol. The summed E-state index contributed by atoms with van der Waals surface area (Å²) in [5.41, 5.74) is 0. The first-order chi connectivity index (χ1) is 9.31. The molecule has 3 heteroatoms. The van der Waals surface area contributed by atoms with Crippen molar-refractivity contribution in [3.8, 4) is 0 Å². The second-order valence-corrected chi connectivity index (χ2v) is 6.27. The Balaban J connectivity index is 1.73. The van der Waals surface area contributed by atoms with Crippen LogP contribution in [0, 0.1) is 5.92 Å². The molecule has 1 aliphatic carbocycles. The van der Waals surface area contributed by atoms with E-state index in [0.29, 0.717) is 5.91 Å². The zero-order valence-electron chi connectivity index (χ0n) is 12.5. The van der Waals surface area contributed by atoms with E-state index in [0.717, 1.165) is 44.8 Å². The van der Waals surface area contributed by atoms with Gasteiger partial charge in [0, 0.05) is 13.1 Å². The fourth-order valence-electron chi connectivity index (χ4n) is 3.48. The van der Waals surface area contributed by atoms with Crippen molar-refractivity contribution < 1.29 is 4.79 Å². The molecule has 0 aromatic carbocycles. The van der Waals surface area contributed by atoms with Gasteiger partial charge in [-0.2, -0.15) is 0 Å². The van der Waals surface area contributed by atoms with Gasteiger partial charge in [0.15, 0.2) is 0 Å². The van der Waals surface area contributed by atoms with E-state index < -0.39 is 0 Å². The fourth-order valence-corrected chi connectivity index (χ4v) is 3.48. The number of piperidine rings is 1. The van der Waals surface area contributed by atoms with E-state index in [-0.39, 0.29) is 6.04 Å². The number of hydrogen-bond acceptors (Lipinski definition) is 2. The molecule has 1 aliphatic heterocycles. The summed E-state index contributed by atoms with van der Waals surface area (Å²) in [6, 6.07) is 0.0973. The molecule has 0 aromatic rings. The predicted octanol–water partition coefficient (Wildman–Crippen LogP) is 2.95. The maximum Gasteiger partial charge on any atom is 0.239 e. The molecule has 1 atom stereocenters. The normalized spacial score (nSPS) is 25.8. The molecule has 2 aliphatic rings. The number of likely N-dealkylation sites (tertiary alicyclic amines) is 1.